The summed E-state index contributed by atoms with van der Waals surface area (Å²) in [7, 11) is 0. The summed E-state index contributed by atoms with van der Waals surface area (Å²) in [6.07, 6.45) is 2.00. The van der Waals surface area contributed by atoms with Gasteiger partial charge in [-0.05, 0) is 36.6 Å². The maximum atomic E-state index is 12.3. The van der Waals surface area contributed by atoms with Crippen LogP contribution in [0.4, 0.5) is 5.69 Å². The van der Waals surface area contributed by atoms with E-state index in [4.69, 9.17) is 0 Å². The van der Waals surface area contributed by atoms with E-state index >= 15 is 0 Å². The zero-order valence-corrected chi connectivity index (χ0v) is 14.4. The third kappa shape index (κ3) is 2.46. The maximum absolute atomic E-state index is 12.3. The molecule has 0 aliphatic carbocycles. The number of carbonyl (C=O) groups excluding carboxylic acids is 2. The van der Waals surface area contributed by atoms with Gasteiger partial charge >= 0.3 is 0 Å². The zero-order chi connectivity index (χ0) is 16.7. The molecule has 0 atom stereocenters. The van der Waals surface area contributed by atoms with E-state index in [0.29, 0.717) is 11.1 Å². The Labute approximate surface area is 146 Å². The van der Waals surface area contributed by atoms with Crippen LogP contribution in [0.15, 0.2) is 46.8 Å². The van der Waals surface area contributed by atoms with Gasteiger partial charge in [-0.15, -0.1) is 11.3 Å². The third-order valence-electron chi connectivity index (χ3n) is 3.86. The van der Waals surface area contributed by atoms with E-state index in [1.807, 2.05) is 24.5 Å². The minimum atomic E-state index is -0.258. The predicted octanol–water partition coefficient (Wildman–Crippen LogP) is 3.68. The summed E-state index contributed by atoms with van der Waals surface area (Å²) < 4.78 is 2.09. The highest BCUT2D eigenvalue weighted by Crippen LogP contribution is 2.30. The molecule has 0 radical (unpaired) electrons. The number of hydrogen-bond donors (Lipinski definition) is 1. The minimum absolute atomic E-state index is 0.145. The molecule has 0 unspecified atom stereocenters. The van der Waals surface area contributed by atoms with Gasteiger partial charge in [0.2, 0.25) is 0 Å². The predicted molar refractivity (Wildman–Crippen MR) is 96.8 cm³/mol. The lowest BCUT2D eigenvalue weighted by Crippen LogP contribution is -2.34. The van der Waals surface area contributed by atoms with Gasteiger partial charge in [0.25, 0.3) is 11.8 Å². The van der Waals surface area contributed by atoms with Crippen molar-refractivity contribution in [1.29, 1.82) is 0 Å². The monoisotopic (exact) mass is 355 g/mol. The van der Waals surface area contributed by atoms with Crippen molar-refractivity contribution in [3.05, 3.63) is 53.6 Å². The van der Waals surface area contributed by atoms with Crippen LogP contribution in [0.25, 0.3) is 10.2 Å². The van der Waals surface area contributed by atoms with Crippen molar-refractivity contribution in [2.45, 2.75) is 4.34 Å². The Morgan fingerprint density at radius 2 is 1.83 bits per heavy atom. The molecule has 5 nitrogen and oxygen atoms in total. The number of amides is 2. The van der Waals surface area contributed by atoms with E-state index in [2.05, 4.69) is 10.3 Å². The largest absolute Gasteiger partial charge is 0.367 e. The fraction of sp³-hybridized carbons (Fsp3) is 0.118. The fourth-order valence-electron chi connectivity index (χ4n) is 2.65. The highest BCUT2D eigenvalue weighted by atomic mass is 32.2. The van der Waals surface area contributed by atoms with Crippen molar-refractivity contribution in [3.8, 4) is 0 Å². The molecular weight excluding hydrogens is 342 g/mol. The average Bonchev–Trinajstić information content (AvgIpc) is 3.13. The van der Waals surface area contributed by atoms with Gasteiger partial charge in [-0.1, -0.05) is 23.9 Å². The number of nitrogens with zero attached hydrogens (tertiary/aromatic N) is 2. The van der Waals surface area contributed by atoms with Crippen LogP contribution in [-0.4, -0.2) is 34.6 Å². The number of fused-ring (bicyclic) bond motifs is 2. The first-order chi connectivity index (χ1) is 11.7. The first-order valence-corrected chi connectivity index (χ1v) is 9.35. The second-order valence-electron chi connectivity index (χ2n) is 5.29. The van der Waals surface area contributed by atoms with Crippen molar-refractivity contribution in [2.75, 3.05) is 18.2 Å². The SMILES string of the molecule is CSc1nc2ccc(NCN3C(=O)c4ccccc4C3=O)cc2s1. The quantitative estimate of drug-likeness (QED) is 0.571. The van der Waals surface area contributed by atoms with Crippen LogP contribution in [0.1, 0.15) is 20.7 Å². The van der Waals surface area contributed by atoms with Crippen LogP contribution < -0.4 is 5.32 Å². The van der Waals surface area contributed by atoms with E-state index < -0.39 is 0 Å². The van der Waals surface area contributed by atoms with Gasteiger partial charge in [0, 0.05) is 5.69 Å². The average molecular weight is 355 g/mol. The van der Waals surface area contributed by atoms with Crippen LogP contribution in [0.2, 0.25) is 0 Å². The Kier molecular flexibility index (Phi) is 3.74. The topological polar surface area (TPSA) is 62.3 Å². The summed E-state index contributed by atoms with van der Waals surface area (Å²) in [5.74, 6) is -0.515. The van der Waals surface area contributed by atoms with Crippen molar-refractivity contribution >= 4 is 50.8 Å². The third-order valence-corrected chi connectivity index (χ3v) is 5.87. The van der Waals surface area contributed by atoms with Crippen molar-refractivity contribution < 1.29 is 9.59 Å². The number of nitrogens with one attached hydrogen (secondary N) is 1. The summed E-state index contributed by atoms with van der Waals surface area (Å²) in [5, 5.41) is 3.16. The Bertz CT molecular complexity index is 932. The number of thiazole rings is 1. The number of benzene rings is 2. The number of anilines is 1. The first kappa shape index (κ1) is 15.2. The number of rotatable bonds is 4. The lowest BCUT2D eigenvalue weighted by atomic mass is 10.1. The Hall–Kier alpha value is -2.38. The molecule has 1 aliphatic heterocycles. The molecule has 1 N–H and O–H groups in total. The van der Waals surface area contributed by atoms with Gasteiger partial charge in [-0.25, -0.2) is 4.98 Å². The second-order valence-corrected chi connectivity index (χ2v) is 7.37. The van der Waals surface area contributed by atoms with E-state index in [0.717, 1.165) is 20.2 Å². The second kappa shape index (κ2) is 5.92. The highest BCUT2D eigenvalue weighted by molar-refractivity contribution is 8.00. The molecular formula is C17H13N3O2S2. The zero-order valence-electron chi connectivity index (χ0n) is 12.8. The summed E-state index contributed by atoms with van der Waals surface area (Å²) >= 11 is 3.24. The van der Waals surface area contributed by atoms with Gasteiger partial charge in [-0.2, -0.15) is 0 Å². The van der Waals surface area contributed by atoms with Crippen LogP contribution in [0.5, 0.6) is 0 Å². The number of hydrogen-bond acceptors (Lipinski definition) is 6. The Morgan fingerprint density at radius 1 is 1.12 bits per heavy atom. The number of thioether (sulfide) groups is 1. The molecule has 2 heterocycles. The molecule has 120 valence electrons. The first-order valence-electron chi connectivity index (χ1n) is 7.31. The molecule has 4 rings (SSSR count). The number of imide groups is 1. The molecule has 0 bridgehead atoms. The molecule has 0 spiro atoms. The normalized spacial score (nSPS) is 13.6. The van der Waals surface area contributed by atoms with Crippen molar-refractivity contribution in [2.24, 2.45) is 0 Å². The molecule has 3 aromatic rings. The summed E-state index contributed by atoms with van der Waals surface area (Å²) in [6.45, 7) is 0.145. The van der Waals surface area contributed by atoms with Crippen LogP contribution >= 0.6 is 23.1 Å². The standard InChI is InChI=1S/C17H13N3O2S2/c1-23-17-19-13-7-6-10(8-14(13)24-17)18-9-20-15(21)11-4-2-3-5-12(11)16(20)22/h2-8,18H,9H2,1H3. The Morgan fingerprint density at radius 3 is 2.50 bits per heavy atom. The summed E-state index contributed by atoms with van der Waals surface area (Å²) in [5.41, 5.74) is 2.74. The molecule has 0 fully saturated rings. The van der Waals surface area contributed by atoms with Crippen LogP contribution in [-0.2, 0) is 0 Å². The lowest BCUT2D eigenvalue weighted by molar-refractivity contribution is 0.0666. The van der Waals surface area contributed by atoms with Gasteiger partial charge in [0.15, 0.2) is 4.34 Å². The summed E-state index contributed by atoms with van der Waals surface area (Å²) in [6, 6.07) is 12.7. The van der Waals surface area contributed by atoms with Crippen molar-refractivity contribution in [3.63, 3.8) is 0 Å². The molecule has 24 heavy (non-hydrogen) atoms. The van der Waals surface area contributed by atoms with E-state index in [1.54, 1.807) is 47.4 Å². The molecule has 1 aromatic heterocycles. The van der Waals surface area contributed by atoms with Gasteiger partial charge < -0.3 is 5.32 Å². The molecule has 2 amide bonds. The fourth-order valence-corrected chi connectivity index (χ4v) is 4.18. The van der Waals surface area contributed by atoms with Gasteiger partial charge in [0.1, 0.15) is 0 Å². The Balaban J connectivity index is 1.53. The van der Waals surface area contributed by atoms with Crippen LogP contribution in [0, 0.1) is 0 Å². The van der Waals surface area contributed by atoms with Gasteiger partial charge in [0.05, 0.1) is 28.0 Å². The minimum Gasteiger partial charge on any atom is -0.367 e. The molecule has 7 heteroatoms. The summed E-state index contributed by atoms with van der Waals surface area (Å²) in [4.78, 5) is 30.4. The molecule has 1 aliphatic rings. The van der Waals surface area contributed by atoms with Crippen LogP contribution in [0.3, 0.4) is 0 Å². The van der Waals surface area contributed by atoms with E-state index in [-0.39, 0.29) is 18.5 Å². The molecule has 2 aromatic carbocycles. The van der Waals surface area contributed by atoms with E-state index in [1.165, 1.54) is 4.90 Å². The molecule has 0 saturated heterocycles. The smallest absolute Gasteiger partial charge is 0.263 e. The van der Waals surface area contributed by atoms with E-state index in [9.17, 15) is 9.59 Å². The molecule has 0 saturated carbocycles. The number of carbonyl (C=O) groups is 2. The van der Waals surface area contributed by atoms with Crippen molar-refractivity contribution in [1.82, 2.24) is 9.88 Å². The lowest BCUT2D eigenvalue weighted by Gasteiger charge is -2.15. The van der Waals surface area contributed by atoms with Gasteiger partial charge in [-0.3, -0.25) is 14.5 Å². The maximum Gasteiger partial charge on any atom is 0.263 e. The highest BCUT2D eigenvalue weighted by Gasteiger charge is 2.34. The number of aromatic nitrogens is 1.